The van der Waals surface area contributed by atoms with Crippen molar-refractivity contribution < 1.29 is 8.78 Å². The van der Waals surface area contributed by atoms with Crippen LogP contribution in [-0.2, 0) is 0 Å². The largest absolute Gasteiger partial charge is 0.254 e. The highest BCUT2D eigenvalue weighted by atomic mass is 19.1. The minimum Gasteiger partial charge on any atom is -0.254 e. The van der Waals surface area contributed by atoms with E-state index in [2.05, 4.69) is 9.97 Å². The van der Waals surface area contributed by atoms with Gasteiger partial charge in [0.1, 0.15) is 11.6 Å². The lowest BCUT2D eigenvalue weighted by atomic mass is 10.0. The first-order valence-corrected chi connectivity index (χ1v) is 11.4. The Balaban J connectivity index is 1.38. The summed E-state index contributed by atoms with van der Waals surface area (Å²) in [6.45, 7) is 0. The molecule has 0 aliphatic heterocycles. The summed E-state index contributed by atoms with van der Waals surface area (Å²) in [6.07, 6.45) is 3.29. The SMILES string of the molecule is Fc1cc2ccc(-c3cccc(-c4ccc5cc(F)c6cccnc6c5n4)c3)nc2c2ncccc12. The molecule has 0 amide bonds. The molecule has 0 aliphatic rings. The lowest BCUT2D eigenvalue weighted by molar-refractivity contribution is 0.640. The van der Waals surface area contributed by atoms with Gasteiger partial charge in [0, 0.05) is 45.1 Å². The van der Waals surface area contributed by atoms with Crippen molar-refractivity contribution in [3.05, 3.63) is 109 Å². The first kappa shape index (κ1) is 20.5. The van der Waals surface area contributed by atoms with Crippen LogP contribution in [0.1, 0.15) is 0 Å². The Labute approximate surface area is 203 Å². The Bertz CT molecular complexity index is 1840. The number of pyridine rings is 4. The summed E-state index contributed by atoms with van der Waals surface area (Å²) < 4.78 is 29.0. The number of rotatable bonds is 2. The van der Waals surface area contributed by atoms with Crippen molar-refractivity contribution in [1.29, 1.82) is 0 Å². The Morgan fingerprint density at radius 2 is 0.972 bits per heavy atom. The van der Waals surface area contributed by atoms with Crippen LogP contribution in [0.5, 0.6) is 0 Å². The van der Waals surface area contributed by atoms with Gasteiger partial charge >= 0.3 is 0 Å². The zero-order valence-corrected chi connectivity index (χ0v) is 18.8. The third-order valence-electron chi connectivity index (χ3n) is 6.45. The minimum atomic E-state index is -0.313. The van der Waals surface area contributed by atoms with Gasteiger partial charge in [0.2, 0.25) is 0 Å². The van der Waals surface area contributed by atoms with E-state index >= 15 is 0 Å². The Morgan fingerprint density at radius 1 is 0.472 bits per heavy atom. The first-order valence-electron chi connectivity index (χ1n) is 11.4. The van der Waals surface area contributed by atoms with Gasteiger partial charge in [-0.1, -0.05) is 30.3 Å². The van der Waals surface area contributed by atoms with E-state index in [-0.39, 0.29) is 11.6 Å². The van der Waals surface area contributed by atoms with Gasteiger partial charge in [-0.15, -0.1) is 0 Å². The van der Waals surface area contributed by atoms with Gasteiger partial charge in [0.25, 0.3) is 0 Å². The quantitative estimate of drug-likeness (QED) is 0.246. The Morgan fingerprint density at radius 3 is 1.47 bits per heavy atom. The molecule has 0 radical (unpaired) electrons. The molecular weight excluding hydrogens is 454 g/mol. The van der Waals surface area contributed by atoms with E-state index in [4.69, 9.17) is 9.97 Å². The second-order valence-corrected chi connectivity index (χ2v) is 8.63. The third kappa shape index (κ3) is 3.19. The molecule has 4 heterocycles. The number of fused-ring (bicyclic) bond motifs is 6. The van der Waals surface area contributed by atoms with Gasteiger partial charge < -0.3 is 0 Å². The van der Waals surface area contributed by atoms with E-state index in [9.17, 15) is 8.78 Å². The summed E-state index contributed by atoms with van der Waals surface area (Å²) in [6, 6.07) is 25.2. The standard InChI is InChI=1S/C30H16F2N4/c31-23-15-19-8-10-25(35-27(19)29-21(23)6-2-12-33-29)17-4-1-5-18(14-17)26-11-9-20-16-24(32)22-7-3-13-34-30(22)28(20)36-26/h1-16H. The van der Waals surface area contributed by atoms with E-state index in [1.165, 1.54) is 12.1 Å². The van der Waals surface area contributed by atoms with Gasteiger partial charge in [-0.2, -0.15) is 0 Å². The highest BCUT2D eigenvalue weighted by Crippen LogP contribution is 2.31. The summed E-state index contributed by atoms with van der Waals surface area (Å²) in [7, 11) is 0. The fourth-order valence-electron chi connectivity index (χ4n) is 4.71. The molecule has 0 fully saturated rings. The molecule has 7 rings (SSSR count). The van der Waals surface area contributed by atoms with Crippen LogP contribution in [0.25, 0.3) is 66.1 Å². The maximum atomic E-state index is 14.5. The van der Waals surface area contributed by atoms with Crippen LogP contribution in [0.2, 0.25) is 0 Å². The molecule has 4 nitrogen and oxygen atoms in total. The highest BCUT2D eigenvalue weighted by molar-refractivity contribution is 6.04. The van der Waals surface area contributed by atoms with Crippen LogP contribution < -0.4 is 0 Å². The fourth-order valence-corrected chi connectivity index (χ4v) is 4.71. The van der Waals surface area contributed by atoms with Crippen LogP contribution in [0, 0.1) is 11.6 Å². The third-order valence-corrected chi connectivity index (χ3v) is 6.45. The van der Waals surface area contributed by atoms with Crippen LogP contribution in [-0.4, -0.2) is 19.9 Å². The average molecular weight is 470 g/mol. The summed E-state index contributed by atoms with van der Waals surface area (Å²) in [4.78, 5) is 18.5. The number of nitrogens with zero attached hydrogens (tertiary/aromatic N) is 4. The van der Waals surface area contributed by atoms with E-state index < -0.39 is 0 Å². The smallest absolute Gasteiger partial charge is 0.133 e. The van der Waals surface area contributed by atoms with Gasteiger partial charge in [-0.25, -0.2) is 18.7 Å². The Kier molecular flexibility index (Phi) is 4.48. The molecule has 4 aromatic heterocycles. The van der Waals surface area contributed by atoms with Crippen molar-refractivity contribution in [3.63, 3.8) is 0 Å². The van der Waals surface area contributed by atoms with Gasteiger partial charge in [0.05, 0.1) is 33.5 Å². The van der Waals surface area contributed by atoms with Crippen LogP contribution in [0.4, 0.5) is 8.78 Å². The molecule has 0 saturated carbocycles. The molecule has 0 atom stereocenters. The van der Waals surface area contributed by atoms with Crippen molar-refractivity contribution in [2.75, 3.05) is 0 Å². The maximum absolute atomic E-state index is 14.5. The predicted octanol–water partition coefficient (Wildman–Crippen LogP) is 7.49. The predicted molar refractivity (Wildman–Crippen MR) is 138 cm³/mol. The second-order valence-electron chi connectivity index (χ2n) is 8.63. The summed E-state index contributed by atoms with van der Waals surface area (Å²) >= 11 is 0. The average Bonchev–Trinajstić information content (AvgIpc) is 2.93. The summed E-state index contributed by atoms with van der Waals surface area (Å²) in [5.74, 6) is -0.627. The molecule has 7 aromatic rings. The number of halogens is 2. The molecule has 0 unspecified atom stereocenters. The van der Waals surface area contributed by atoms with E-state index in [0.29, 0.717) is 43.6 Å². The second kappa shape index (κ2) is 7.85. The molecule has 0 bridgehead atoms. The zero-order valence-electron chi connectivity index (χ0n) is 18.8. The number of hydrogen-bond acceptors (Lipinski definition) is 4. The normalized spacial score (nSPS) is 11.6. The lowest BCUT2D eigenvalue weighted by Gasteiger charge is -2.09. The van der Waals surface area contributed by atoms with Crippen LogP contribution in [0.15, 0.2) is 97.3 Å². The lowest BCUT2D eigenvalue weighted by Crippen LogP contribution is -1.92. The van der Waals surface area contributed by atoms with Crippen LogP contribution in [0.3, 0.4) is 0 Å². The molecule has 3 aromatic carbocycles. The number of benzene rings is 3. The molecule has 170 valence electrons. The molecule has 0 N–H and O–H groups in total. The molecule has 36 heavy (non-hydrogen) atoms. The fraction of sp³-hybridized carbons (Fsp3) is 0. The first-order chi connectivity index (χ1) is 17.7. The summed E-state index contributed by atoms with van der Waals surface area (Å²) in [5, 5.41) is 2.28. The van der Waals surface area contributed by atoms with Gasteiger partial charge in [-0.05, 0) is 54.6 Å². The summed E-state index contributed by atoms with van der Waals surface area (Å²) in [5.41, 5.74) is 5.66. The van der Waals surface area contributed by atoms with E-state index in [1.54, 1.807) is 36.7 Å². The molecule has 0 saturated heterocycles. The van der Waals surface area contributed by atoms with Crippen molar-refractivity contribution in [1.82, 2.24) is 19.9 Å². The van der Waals surface area contributed by atoms with Crippen molar-refractivity contribution in [2.45, 2.75) is 0 Å². The number of hydrogen-bond donors (Lipinski definition) is 0. The molecule has 6 heteroatoms. The maximum Gasteiger partial charge on any atom is 0.133 e. The monoisotopic (exact) mass is 470 g/mol. The van der Waals surface area contributed by atoms with Gasteiger partial charge in [-0.3, -0.25) is 9.97 Å². The highest BCUT2D eigenvalue weighted by Gasteiger charge is 2.13. The van der Waals surface area contributed by atoms with Crippen molar-refractivity contribution in [3.8, 4) is 22.5 Å². The molecule has 0 aliphatic carbocycles. The molecule has 0 spiro atoms. The van der Waals surface area contributed by atoms with Crippen molar-refractivity contribution >= 4 is 43.6 Å². The van der Waals surface area contributed by atoms with E-state index in [1.807, 2.05) is 48.5 Å². The molecular formula is C30H16F2N4. The Hall–Kier alpha value is -4.84. The van der Waals surface area contributed by atoms with Crippen molar-refractivity contribution in [2.24, 2.45) is 0 Å². The topological polar surface area (TPSA) is 51.6 Å². The zero-order chi connectivity index (χ0) is 24.2. The minimum absolute atomic E-state index is 0.313. The van der Waals surface area contributed by atoms with Crippen LogP contribution >= 0.6 is 0 Å². The number of aromatic nitrogens is 4. The van der Waals surface area contributed by atoms with Gasteiger partial charge in [0.15, 0.2) is 0 Å². The van der Waals surface area contributed by atoms with E-state index in [0.717, 1.165) is 22.5 Å².